The zero-order chi connectivity index (χ0) is 21.7. The summed E-state index contributed by atoms with van der Waals surface area (Å²) in [7, 11) is -2.47. The van der Waals surface area contributed by atoms with Crippen molar-refractivity contribution in [3.05, 3.63) is 64.5 Å². The quantitative estimate of drug-likeness (QED) is 0.299. The van der Waals surface area contributed by atoms with Crippen molar-refractivity contribution in [2.45, 2.75) is 23.1 Å². The number of aryl methyl sites for hydroxylation is 1. The van der Waals surface area contributed by atoms with Gasteiger partial charge in [-0.1, -0.05) is 42.1 Å². The smallest absolute Gasteiger partial charge is 0.338 e. The largest absolute Gasteiger partial charge is 0.465 e. The zero-order valence-electron chi connectivity index (χ0n) is 16.8. The summed E-state index contributed by atoms with van der Waals surface area (Å²) in [4.78, 5) is 16.6. The maximum atomic E-state index is 12.7. The number of esters is 1. The molecule has 0 saturated heterocycles. The Morgan fingerprint density at radius 3 is 2.67 bits per heavy atom. The van der Waals surface area contributed by atoms with Crippen molar-refractivity contribution in [3.8, 4) is 11.3 Å². The van der Waals surface area contributed by atoms with Crippen LogP contribution in [0.5, 0.6) is 0 Å². The molecule has 0 saturated carbocycles. The third-order valence-electron chi connectivity index (χ3n) is 4.53. The Kier molecular flexibility index (Phi) is 7.30. The molecule has 3 rings (SSSR count). The number of methoxy groups -OCH3 is 1. The summed E-state index contributed by atoms with van der Waals surface area (Å²) >= 11 is 3.03. The lowest BCUT2D eigenvalue weighted by Crippen LogP contribution is -2.26. The molecule has 0 aliphatic rings. The van der Waals surface area contributed by atoms with E-state index in [1.165, 1.54) is 36.3 Å². The molecule has 0 bridgehead atoms. The number of carbonyl (C=O) groups excluding carboxylic acids is 1. The minimum absolute atomic E-state index is 0. The molecular formula is C21H24N2O4S3. The summed E-state index contributed by atoms with van der Waals surface area (Å²) in [5.74, 6) is -0.0171. The van der Waals surface area contributed by atoms with Crippen molar-refractivity contribution >= 4 is 39.1 Å². The lowest BCUT2D eigenvalue weighted by atomic mass is 10.0. The standard InChI is InChI=1S/C21H22N2O4S3.H2/c1-14-11-17(12-18(15(14)2)20(24)27-3)30(25,26)22-9-10-28-21-23-19(13-29-21)16-7-5-4-6-8-16;/h4-8,11-13,22H,9-10H2,1-3H3;1H. The van der Waals surface area contributed by atoms with Gasteiger partial charge in [-0.3, -0.25) is 0 Å². The monoisotopic (exact) mass is 464 g/mol. The van der Waals surface area contributed by atoms with Gasteiger partial charge in [-0.2, -0.15) is 0 Å². The molecule has 30 heavy (non-hydrogen) atoms. The zero-order valence-corrected chi connectivity index (χ0v) is 19.3. The summed E-state index contributed by atoms with van der Waals surface area (Å²) in [6.07, 6.45) is 0. The average Bonchev–Trinajstić information content (AvgIpc) is 3.22. The Labute approximate surface area is 186 Å². The predicted octanol–water partition coefficient (Wildman–Crippen LogP) is 4.53. The number of aromatic nitrogens is 1. The Morgan fingerprint density at radius 2 is 1.97 bits per heavy atom. The van der Waals surface area contributed by atoms with Crippen molar-refractivity contribution < 1.29 is 19.4 Å². The first-order valence-corrected chi connectivity index (χ1v) is 12.5. The van der Waals surface area contributed by atoms with E-state index in [9.17, 15) is 13.2 Å². The highest BCUT2D eigenvalue weighted by Crippen LogP contribution is 2.28. The number of hydrogen-bond donors (Lipinski definition) is 1. The summed E-state index contributed by atoms with van der Waals surface area (Å²) in [6, 6.07) is 12.8. The maximum absolute atomic E-state index is 12.7. The molecule has 0 unspecified atom stereocenters. The fourth-order valence-electron chi connectivity index (χ4n) is 2.77. The van der Waals surface area contributed by atoms with Gasteiger partial charge in [-0.25, -0.2) is 22.9 Å². The van der Waals surface area contributed by atoms with Gasteiger partial charge in [0.2, 0.25) is 10.0 Å². The van der Waals surface area contributed by atoms with Gasteiger partial charge in [-0.15, -0.1) is 11.3 Å². The number of nitrogens with zero attached hydrogens (tertiary/aromatic N) is 1. The molecule has 0 radical (unpaired) electrons. The number of rotatable bonds is 8. The molecule has 6 nitrogen and oxygen atoms in total. The van der Waals surface area contributed by atoms with Crippen molar-refractivity contribution in [3.63, 3.8) is 0 Å². The van der Waals surface area contributed by atoms with Gasteiger partial charge < -0.3 is 4.74 Å². The number of sulfonamides is 1. The van der Waals surface area contributed by atoms with E-state index in [1.807, 2.05) is 35.7 Å². The van der Waals surface area contributed by atoms with E-state index in [0.717, 1.165) is 15.6 Å². The van der Waals surface area contributed by atoms with Crippen molar-refractivity contribution in [2.24, 2.45) is 0 Å². The number of carbonyl (C=O) groups is 1. The van der Waals surface area contributed by atoms with Gasteiger partial charge in [0.15, 0.2) is 4.34 Å². The topological polar surface area (TPSA) is 85.4 Å². The third kappa shape index (κ3) is 5.28. The Hall–Kier alpha value is -2.20. The molecule has 1 heterocycles. The van der Waals surface area contributed by atoms with E-state index in [2.05, 4.69) is 9.71 Å². The highest BCUT2D eigenvalue weighted by atomic mass is 32.2. The Morgan fingerprint density at radius 1 is 1.23 bits per heavy atom. The SMILES string of the molecule is COC(=O)c1cc(S(=O)(=O)NCCSc2nc(-c3ccccc3)cs2)cc(C)c1C.[HH]. The number of nitrogens with one attached hydrogen (secondary N) is 1. The molecule has 1 N–H and O–H groups in total. The minimum atomic E-state index is -3.74. The van der Waals surface area contributed by atoms with Gasteiger partial charge in [0, 0.05) is 24.7 Å². The van der Waals surface area contributed by atoms with Crippen molar-refractivity contribution in [2.75, 3.05) is 19.4 Å². The second-order valence-electron chi connectivity index (χ2n) is 6.52. The van der Waals surface area contributed by atoms with Crippen LogP contribution in [0.3, 0.4) is 0 Å². The van der Waals surface area contributed by atoms with Crippen LogP contribution in [0.1, 0.15) is 22.9 Å². The van der Waals surface area contributed by atoms with E-state index in [0.29, 0.717) is 16.9 Å². The fraction of sp³-hybridized carbons (Fsp3) is 0.238. The van der Waals surface area contributed by atoms with Gasteiger partial charge in [0.05, 0.1) is 23.3 Å². The first kappa shape index (κ1) is 22.5. The van der Waals surface area contributed by atoms with Crippen LogP contribution in [0.15, 0.2) is 57.1 Å². The average molecular weight is 465 g/mol. The number of hydrogen-bond acceptors (Lipinski definition) is 7. The van der Waals surface area contributed by atoms with Crippen LogP contribution in [0.2, 0.25) is 0 Å². The molecule has 160 valence electrons. The van der Waals surface area contributed by atoms with Crippen LogP contribution < -0.4 is 4.72 Å². The maximum Gasteiger partial charge on any atom is 0.338 e. The Balaban J connectivity index is 0.00000341. The van der Waals surface area contributed by atoms with Crippen molar-refractivity contribution in [1.82, 2.24) is 9.71 Å². The summed E-state index contributed by atoms with van der Waals surface area (Å²) in [5.41, 5.74) is 3.63. The summed E-state index contributed by atoms with van der Waals surface area (Å²) in [6.45, 7) is 3.77. The van der Waals surface area contributed by atoms with Gasteiger partial charge in [0.25, 0.3) is 0 Å². The molecule has 0 aliphatic carbocycles. The second kappa shape index (κ2) is 9.74. The first-order chi connectivity index (χ1) is 14.3. The van der Waals surface area contributed by atoms with Gasteiger partial charge in [0.1, 0.15) is 0 Å². The molecule has 0 fully saturated rings. The minimum Gasteiger partial charge on any atom is -0.465 e. The molecule has 9 heteroatoms. The third-order valence-corrected chi connectivity index (χ3v) is 7.99. The molecule has 1 aromatic heterocycles. The number of thioether (sulfide) groups is 1. The van der Waals surface area contributed by atoms with E-state index < -0.39 is 16.0 Å². The lowest BCUT2D eigenvalue weighted by Gasteiger charge is -2.12. The van der Waals surface area contributed by atoms with E-state index in [4.69, 9.17) is 4.74 Å². The van der Waals surface area contributed by atoms with Crippen LogP contribution in [0.4, 0.5) is 0 Å². The predicted molar refractivity (Wildman–Crippen MR) is 123 cm³/mol. The second-order valence-corrected chi connectivity index (χ2v) is 10.5. The molecule has 0 atom stereocenters. The normalized spacial score (nSPS) is 11.4. The highest BCUT2D eigenvalue weighted by molar-refractivity contribution is 8.01. The fourth-order valence-corrected chi connectivity index (χ4v) is 5.80. The van der Waals surface area contributed by atoms with Crippen LogP contribution in [0.25, 0.3) is 11.3 Å². The van der Waals surface area contributed by atoms with Gasteiger partial charge in [-0.05, 0) is 37.1 Å². The molecule has 0 amide bonds. The highest BCUT2D eigenvalue weighted by Gasteiger charge is 2.20. The molecule has 3 aromatic rings. The van der Waals surface area contributed by atoms with Crippen LogP contribution in [-0.2, 0) is 14.8 Å². The molecule has 0 spiro atoms. The molecule has 2 aromatic carbocycles. The van der Waals surface area contributed by atoms with Crippen LogP contribution in [0, 0.1) is 13.8 Å². The van der Waals surface area contributed by atoms with Crippen molar-refractivity contribution in [1.29, 1.82) is 0 Å². The molecular weight excluding hydrogens is 440 g/mol. The van der Waals surface area contributed by atoms with Crippen LogP contribution in [-0.4, -0.2) is 38.8 Å². The lowest BCUT2D eigenvalue weighted by molar-refractivity contribution is 0.0599. The van der Waals surface area contributed by atoms with E-state index >= 15 is 0 Å². The summed E-state index contributed by atoms with van der Waals surface area (Å²) in [5, 5.41) is 1.99. The number of ether oxygens (including phenoxy) is 1. The summed E-state index contributed by atoms with van der Waals surface area (Å²) < 4.78 is 33.6. The van der Waals surface area contributed by atoms with E-state index in [-0.39, 0.29) is 18.4 Å². The number of thiazole rings is 1. The first-order valence-electron chi connectivity index (χ1n) is 9.15. The molecule has 0 aliphatic heterocycles. The van der Waals surface area contributed by atoms with Gasteiger partial charge >= 0.3 is 5.97 Å². The number of benzene rings is 2. The Bertz CT molecular complexity index is 1150. The van der Waals surface area contributed by atoms with E-state index in [1.54, 1.807) is 19.9 Å². The van der Waals surface area contributed by atoms with Crippen LogP contribution >= 0.6 is 23.1 Å².